The van der Waals surface area contributed by atoms with Crippen LogP contribution in [0.2, 0.25) is 0 Å². The third-order valence-corrected chi connectivity index (χ3v) is 5.03. The summed E-state index contributed by atoms with van der Waals surface area (Å²) >= 11 is 7.26. The lowest BCUT2D eigenvalue weighted by Gasteiger charge is -2.17. The highest BCUT2D eigenvalue weighted by Crippen LogP contribution is 2.35. The normalized spacial score (nSPS) is 14.8. The van der Waals surface area contributed by atoms with Crippen molar-refractivity contribution in [3.63, 3.8) is 0 Å². The minimum atomic E-state index is 0.630. The molecule has 2 rings (SSSR count). The standard InChI is InChI=1S/C16H23Br2NO/c1-3-11(4-2)10-20-16-14(17)7-12(8-15(16)18)9-19-13-5-6-13/h7-8,11,13,19H,3-6,9-10H2,1-2H3. The maximum atomic E-state index is 5.99. The summed E-state index contributed by atoms with van der Waals surface area (Å²) in [4.78, 5) is 0. The number of hydrogen-bond donors (Lipinski definition) is 1. The molecular formula is C16H23Br2NO. The van der Waals surface area contributed by atoms with Crippen molar-refractivity contribution in [2.24, 2.45) is 5.92 Å². The van der Waals surface area contributed by atoms with Crippen molar-refractivity contribution in [1.82, 2.24) is 5.32 Å². The Morgan fingerprint density at radius 2 is 1.80 bits per heavy atom. The lowest BCUT2D eigenvalue weighted by Crippen LogP contribution is -2.15. The quantitative estimate of drug-likeness (QED) is 0.636. The molecule has 0 saturated heterocycles. The van der Waals surface area contributed by atoms with E-state index in [-0.39, 0.29) is 0 Å². The Bertz CT molecular complexity index is 419. The second-order valence-corrected chi connectivity index (χ2v) is 7.25. The Labute approximate surface area is 138 Å². The molecule has 0 spiro atoms. The van der Waals surface area contributed by atoms with Gasteiger partial charge in [0.2, 0.25) is 0 Å². The average Bonchev–Trinajstić information content (AvgIpc) is 3.24. The summed E-state index contributed by atoms with van der Waals surface area (Å²) in [6.07, 6.45) is 4.96. The molecule has 20 heavy (non-hydrogen) atoms. The molecule has 112 valence electrons. The van der Waals surface area contributed by atoms with Gasteiger partial charge in [-0.1, -0.05) is 26.7 Å². The van der Waals surface area contributed by atoms with Crippen LogP contribution >= 0.6 is 31.9 Å². The van der Waals surface area contributed by atoms with Gasteiger partial charge in [0, 0.05) is 12.6 Å². The summed E-state index contributed by atoms with van der Waals surface area (Å²) in [6.45, 7) is 6.14. The maximum Gasteiger partial charge on any atom is 0.147 e. The fraction of sp³-hybridized carbons (Fsp3) is 0.625. The summed E-state index contributed by atoms with van der Waals surface area (Å²) in [5.41, 5.74) is 1.28. The largest absolute Gasteiger partial charge is 0.491 e. The van der Waals surface area contributed by atoms with Crippen molar-refractivity contribution in [2.75, 3.05) is 6.61 Å². The van der Waals surface area contributed by atoms with Crippen LogP contribution in [0.25, 0.3) is 0 Å². The molecule has 1 aromatic carbocycles. The second kappa shape index (κ2) is 7.81. The third kappa shape index (κ3) is 4.74. The Morgan fingerprint density at radius 3 is 2.30 bits per heavy atom. The van der Waals surface area contributed by atoms with Gasteiger partial charge in [0.25, 0.3) is 0 Å². The number of nitrogens with one attached hydrogen (secondary N) is 1. The van der Waals surface area contributed by atoms with Gasteiger partial charge in [-0.15, -0.1) is 0 Å². The van der Waals surface area contributed by atoms with Crippen LogP contribution in [0.1, 0.15) is 45.1 Å². The van der Waals surface area contributed by atoms with Gasteiger partial charge < -0.3 is 10.1 Å². The molecule has 4 heteroatoms. The molecule has 0 bridgehead atoms. The summed E-state index contributed by atoms with van der Waals surface area (Å²) in [7, 11) is 0. The Morgan fingerprint density at radius 1 is 1.20 bits per heavy atom. The van der Waals surface area contributed by atoms with E-state index < -0.39 is 0 Å². The highest BCUT2D eigenvalue weighted by molar-refractivity contribution is 9.11. The molecule has 1 aliphatic carbocycles. The van der Waals surface area contributed by atoms with Gasteiger partial charge in [-0.3, -0.25) is 0 Å². The van der Waals surface area contributed by atoms with Gasteiger partial charge in [0.15, 0.2) is 0 Å². The first-order chi connectivity index (χ1) is 9.63. The highest BCUT2D eigenvalue weighted by atomic mass is 79.9. The van der Waals surface area contributed by atoms with Crippen LogP contribution in [0.3, 0.4) is 0 Å². The monoisotopic (exact) mass is 403 g/mol. The Kier molecular flexibility index (Phi) is 6.37. The maximum absolute atomic E-state index is 5.99. The summed E-state index contributed by atoms with van der Waals surface area (Å²) in [5.74, 6) is 1.55. The van der Waals surface area contributed by atoms with Crippen molar-refractivity contribution in [2.45, 2.75) is 52.1 Å². The SMILES string of the molecule is CCC(CC)COc1c(Br)cc(CNC2CC2)cc1Br. The smallest absolute Gasteiger partial charge is 0.147 e. The van der Waals surface area contributed by atoms with E-state index in [9.17, 15) is 0 Å². The fourth-order valence-electron chi connectivity index (χ4n) is 2.13. The van der Waals surface area contributed by atoms with Gasteiger partial charge in [-0.2, -0.15) is 0 Å². The van der Waals surface area contributed by atoms with Crippen molar-refractivity contribution < 1.29 is 4.74 Å². The molecule has 0 atom stereocenters. The van der Waals surface area contributed by atoms with E-state index in [2.05, 4.69) is 63.2 Å². The van der Waals surface area contributed by atoms with Crippen molar-refractivity contribution in [3.8, 4) is 5.75 Å². The minimum Gasteiger partial charge on any atom is -0.491 e. The fourth-order valence-corrected chi connectivity index (χ4v) is 3.64. The van der Waals surface area contributed by atoms with Gasteiger partial charge in [0.1, 0.15) is 5.75 Å². The molecule has 1 aliphatic rings. The minimum absolute atomic E-state index is 0.630. The van der Waals surface area contributed by atoms with E-state index in [4.69, 9.17) is 4.74 Å². The molecule has 0 aliphatic heterocycles. The second-order valence-electron chi connectivity index (χ2n) is 5.54. The van der Waals surface area contributed by atoms with Crippen molar-refractivity contribution in [1.29, 1.82) is 0 Å². The van der Waals surface area contributed by atoms with E-state index >= 15 is 0 Å². The predicted molar refractivity (Wildman–Crippen MR) is 91.3 cm³/mol. The van der Waals surface area contributed by atoms with Crippen LogP contribution < -0.4 is 10.1 Å². The van der Waals surface area contributed by atoms with Crippen molar-refractivity contribution >= 4 is 31.9 Å². The number of benzene rings is 1. The van der Waals surface area contributed by atoms with Gasteiger partial charge in [-0.05, 0) is 68.3 Å². The summed E-state index contributed by atoms with van der Waals surface area (Å²) in [5, 5.41) is 3.53. The zero-order valence-electron chi connectivity index (χ0n) is 12.2. The molecule has 2 nitrogen and oxygen atoms in total. The number of rotatable bonds is 8. The third-order valence-electron chi connectivity index (χ3n) is 3.85. The number of hydrogen-bond acceptors (Lipinski definition) is 2. The van der Waals surface area contributed by atoms with Crippen molar-refractivity contribution in [3.05, 3.63) is 26.6 Å². The number of halogens is 2. The first-order valence-corrected chi connectivity index (χ1v) is 9.06. The van der Waals surface area contributed by atoms with Crippen LogP contribution in [0.4, 0.5) is 0 Å². The molecular weight excluding hydrogens is 382 g/mol. The van der Waals surface area contributed by atoms with Crippen LogP contribution in [-0.4, -0.2) is 12.6 Å². The zero-order chi connectivity index (χ0) is 14.5. The lowest BCUT2D eigenvalue weighted by molar-refractivity contribution is 0.238. The molecule has 0 radical (unpaired) electrons. The molecule has 1 aromatic rings. The average molecular weight is 405 g/mol. The molecule has 1 N–H and O–H groups in total. The molecule has 0 aromatic heterocycles. The molecule has 0 unspecified atom stereocenters. The van der Waals surface area contributed by atoms with E-state index in [0.717, 1.165) is 46.7 Å². The van der Waals surface area contributed by atoms with Crippen LogP contribution in [-0.2, 0) is 6.54 Å². The van der Waals surface area contributed by atoms with Crippen LogP contribution in [0.15, 0.2) is 21.1 Å². The zero-order valence-corrected chi connectivity index (χ0v) is 15.4. The van der Waals surface area contributed by atoms with Gasteiger partial charge in [-0.25, -0.2) is 0 Å². The van der Waals surface area contributed by atoms with E-state index in [1.807, 2.05) is 0 Å². The topological polar surface area (TPSA) is 21.3 Å². The molecule has 0 amide bonds. The van der Waals surface area contributed by atoms with Crippen LogP contribution in [0.5, 0.6) is 5.75 Å². The lowest BCUT2D eigenvalue weighted by atomic mass is 10.1. The van der Waals surface area contributed by atoms with Gasteiger partial charge >= 0.3 is 0 Å². The number of ether oxygens (including phenoxy) is 1. The van der Waals surface area contributed by atoms with E-state index in [0.29, 0.717) is 5.92 Å². The van der Waals surface area contributed by atoms with E-state index in [1.54, 1.807) is 0 Å². The first-order valence-electron chi connectivity index (χ1n) is 7.48. The summed E-state index contributed by atoms with van der Waals surface area (Å²) in [6, 6.07) is 5.04. The molecule has 0 heterocycles. The molecule has 1 fully saturated rings. The summed E-state index contributed by atoms with van der Waals surface area (Å²) < 4.78 is 8.06. The Hall–Kier alpha value is -0.0600. The van der Waals surface area contributed by atoms with Gasteiger partial charge in [0.05, 0.1) is 15.6 Å². The molecule has 1 saturated carbocycles. The first kappa shape index (κ1) is 16.3. The predicted octanol–water partition coefficient (Wildman–Crippen LogP) is 5.28. The van der Waals surface area contributed by atoms with E-state index in [1.165, 1.54) is 18.4 Å². The van der Waals surface area contributed by atoms with Crippen LogP contribution in [0, 0.1) is 5.92 Å². The Balaban J connectivity index is 1.97. The highest BCUT2D eigenvalue weighted by Gasteiger charge is 2.20.